The molecule has 0 amide bonds. The fourth-order valence-corrected chi connectivity index (χ4v) is 2.40. The van der Waals surface area contributed by atoms with Gasteiger partial charge in [-0.25, -0.2) is 9.37 Å². The molecule has 0 saturated heterocycles. The van der Waals surface area contributed by atoms with Crippen molar-refractivity contribution in [2.24, 2.45) is 7.05 Å². The van der Waals surface area contributed by atoms with Crippen LogP contribution in [-0.2, 0) is 7.05 Å². The number of hydrogen-bond acceptors (Lipinski definition) is 2. The van der Waals surface area contributed by atoms with E-state index in [1.807, 2.05) is 37.4 Å². The highest BCUT2D eigenvalue weighted by Crippen LogP contribution is 2.32. The summed E-state index contributed by atoms with van der Waals surface area (Å²) in [7, 11) is 1.81. The van der Waals surface area contributed by atoms with Crippen LogP contribution in [0.2, 0.25) is 5.02 Å². The minimum Gasteiger partial charge on any atom is -0.383 e. The first-order chi connectivity index (χ1) is 10.1. The minimum atomic E-state index is -0.438. The fourth-order valence-electron chi connectivity index (χ4n) is 2.24. The molecular weight excluding hydrogens is 289 g/mol. The average molecular weight is 302 g/mol. The van der Waals surface area contributed by atoms with Gasteiger partial charge in [-0.05, 0) is 18.2 Å². The van der Waals surface area contributed by atoms with Gasteiger partial charge in [0.05, 0.1) is 0 Å². The standard InChI is InChI=1S/C16H13ClFN3/c1-21-15(19)14(12-8-7-11(17)9-13(12)18)20-16(21)10-5-3-2-4-6-10/h2-9H,19H2,1H3. The summed E-state index contributed by atoms with van der Waals surface area (Å²) in [6, 6.07) is 14.1. The molecule has 0 saturated carbocycles. The molecule has 0 aliphatic heterocycles. The van der Waals surface area contributed by atoms with Gasteiger partial charge in [0.1, 0.15) is 23.2 Å². The monoisotopic (exact) mass is 301 g/mol. The molecule has 1 heterocycles. The van der Waals surface area contributed by atoms with E-state index in [1.165, 1.54) is 6.07 Å². The lowest BCUT2D eigenvalue weighted by atomic mass is 10.1. The Labute approximate surface area is 126 Å². The van der Waals surface area contributed by atoms with Gasteiger partial charge in [0.2, 0.25) is 0 Å². The van der Waals surface area contributed by atoms with Crippen molar-refractivity contribution in [1.82, 2.24) is 9.55 Å². The van der Waals surface area contributed by atoms with Crippen LogP contribution in [0.1, 0.15) is 0 Å². The first kappa shape index (κ1) is 13.6. The van der Waals surface area contributed by atoms with Gasteiger partial charge in [0.25, 0.3) is 0 Å². The SMILES string of the molecule is Cn1c(-c2ccccc2)nc(-c2ccc(Cl)cc2F)c1N. The normalized spacial score (nSPS) is 10.8. The Bertz CT molecular complexity index is 797. The Morgan fingerprint density at radius 2 is 1.86 bits per heavy atom. The first-order valence-corrected chi connectivity index (χ1v) is 6.78. The predicted molar refractivity (Wildman–Crippen MR) is 83.5 cm³/mol. The van der Waals surface area contributed by atoms with Crippen LogP contribution in [-0.4, -0.2) is 9.55 Å². The molecule has 0 atom stereocenters. The molecule has 1 aromatic heterocycles. The van der Waals surface area contributed by atoms with Crippen molar-refractivity contribution in [2.75, 3.05) is 5.73 Å². The molecule has 3 aromatic rings. The zero-order valence-corrected chi connectivity index (χ0v) is 12.1. The lowest BCUT2D eigenvalue weighted by Gasteiger charge is -2.03. The lowest BCUT2D eigenvalue weighted by molar-refractivity contribution is 0.631. The Morgan fingerprint density at radius 3 is 2.52 bits per heavy atom. The Hall–Kier alpha value is -2.33. The smallest absolute Gasteiger partial charge is 0.142 e. The summed E-state index contributed by atoms with van der Waals surface area (Å²) >= 11 is 5.78. The second kappa shape index (κ2) is 5.22. The molecule has 0 fully saturated rings. The van der Waals surface area contributed by atoms with Crippen LogP contribution in [0, 0.1) is 5.82 Å². The van der Waals surface area contributed by atoms with Gasteiger partial charge in [-0.2, -0.15) is 0 Å². The van der Waals surface area contributed by atoms with Crippen molar-refractivity contribution in [3.05, 3.63) is 59.4 Å². The van der Waals surface area contributed by atoms with Crippen molar-refractivity contribution in [2.45, 2.75) is 0 Å². The minimum absolute atomic E-state index is 0.342. The number of benzene rings is 2. The van der Waals surface area contributed by atoms with Crippen molar-refractivity contribution in [3.8, 4) is 22.6 Å². The van der Waals surface area contributed by atoms with Crippen LogP contribution < -0.4 is 5.73 Å². The van der Waals surface area contributed by atoms with Gasteiger partial charge in [-0.1, -0.05) is 41.9 Å². The zero-order chi connectivity index (χ0) is 15.0. The number of aromatic nitrogens is 2. The van der Waals surface area contributed by atoms with Gasteiger partial charge in [-0.15, -0.1) is 0 Å². The molecule has 0 spiro atoms. The number of anilines is 1. The summed E-state index contributed by atoms with van der Waals surface area (Å²) in [5, 5.41) is 0.342. The number of nitrogen functional groups attached to an aromatic ring is 1. The number of nitrogens with zero attached hydrogens (tertiary/aromatic N) is 2. The Morgan fingerprint density at radius 1 is 1.14 bits per heavy atom. The van der Waals surface area contributed by atoms with Crippen molar-refractivity contribution < 1.29 is 4.39 Å². The summed E-state index contributed by atoms with van der Waals surface area (Å²) < 4.78 is 15.8. The maximum atomic E-state index is 14.1. The molecule has 0 unspecified atom stereocenters. The second-order valence-corrected chi connectivity index (χ2v) is 5.15. The van der Waals surface area contributed by atoms with Crippen molar-refractivity contribution in [3.63, 3.8) is 0 Å². The fraction of sp³-hybridized carbons (Fsp3) is 0.0625. The van der Waals surface area contributed by atoms with Crippen molar-refractivity contribution in [1.29, 1.82) is 0 Å². The maximum absolute atomic E-state index is 14.1. The molecule has 5 heteroatoms. The lowest BCUT2D eigenvalue weighted by Crippen LogP contribution is -1.99. The van der Waals surface area contributed by atoms with Crippen LogP contribution in [0.4, 0.5) is 10.2 Å². The molecule has 0 bridgehead atoms. The molecule has 106 valence electrons. The number of imidazole rings is 1. The number of rotatable bonds is 2. The van der Waals surface area contributed by atoms with Crippen molar-refractivity contribution >= 4 is 17.4 Å². The number of nitrogens with two attached hydrogens (primary N) is 1. The van der Waals surface area contributed by atoms with Gasteiger partial charge >= 0.3 is 0 Å². The van der Waals surface area contributed by atoms with E-state index in [0.29, 0.717) is 27.9 Å². The van der Waals surface area contributed by atoms with E-state index >= 15 is 0 Å². The highest BCUT2D eigenvalue weighted by atomic mass is 35.5. The van der Waals surface area contributed by atoms with E-state index in [4.69, 9.17) is 17.3 Å². The van der Waals surface area contributed by atoms with E-state index in [2.05, 4.69) is 4.98 Å². The molecule has 3 rings (SSSR count). The average Bonchev–Trinajstić information content (AvgIpc) is 2.77. The third-order valence-electron chi connectivity index (χ3n) is 3.36. The molecule has 0 aliphatic rings. The molecule has 3 nitrogen and oxygen atoms in total. The summed E-state index contributed by atoms with van der Waals surface area (Å²) in [5.41, 5.74) is 7.77. The zero-order valence-electron chi connectivity index (χ0n) is 11.3. The molecular formula is C16H13ClFN3. The number of halogens is 2. The van der Waals surface area contributed by atoms with Crippen LogP contribution in [0.15, 0.2) is 48.5 Å². The van der Waals surface area contributed by atoms with Gasteiger partial charge < -0.3 is 10.3 Å². The van der Waals surface area contributed by atoms with Crippen LogP contribution in [0.3, 0.4) is 0 Å². The number of hydrogen-bond donors (Lipinski definition) is 1. The summed E-state index contributed by atoms with van der Waals surface area (Å²) in [6.45, 7) is 0. The third kappa shape index (κ3) is 2.38. The topological polar surface area (TPSA) is 43.8 Å². The molecule has 2 N–H and O–H groups in total. The van der Waals surface area contributed by atoms with Crippen LogP contribution in [0.25, 0.3) is 22.6 Å². The molecule has 0 radical (unpaired) electrons. The van der Waals surface area contributed by atoms with E-state index in [1.54, 1.807) is 16.7 Å². The van der Waals surface area contributed by atoms with Gasteiger partial charge in [0.15, 0.2) is 0 Å². The van der Waals surface area contributed by atoms with Gasteiger partial charge in [-0.3, -0.25) is 0 Å². The molecule has 2 aromatic carbocycles. The predicted octanol–water partition coefficient (Wildman–Crippen LogP) is 4.13. The third-order valence-corrected chi connectivity index (χ3v) is 3.59. The van der Waals surface area contributed by atoms with Crippen LogP contribution >= 0.6 is 11.6 Å². The Kier molecular flexibility index (Phi) is 3.39. The van der Waals surface area contributed by atoms with E-state index in [-0.39, 0.29) is 0 Å². The summed E-state index contributed by atoms with van der Waals surface area (Å²) in [4.78, 5) is 4.50. The summed E-state index contributed by atoms with van der Waals surface area (Å²) in [6.07, 6.45) is 0. The van der Waals surface area contributed by atoms with Crippen LogP contribution in [0.5, 0.6) is 0 Å². The largest absolute Gasteiger partial charge is 0.383 e. The molecule has 0 aliphatic carbocycles. The summed E-state index contributed by atoms with van der Waals surface area (Å²) in [5.74, 6) is 0.666. The maximum Gasteiger partial charge on any atom is 0.142 e. The second-order valence-electron chi connectivity index (χ2n) is 4.72. The Balaban J connectivity index is 2.17. The first-order valence-electron chi connectivity index (χ1n) is 6.41. The van der Waals surface area contributed by atoms with Gasteiger partial charge in [0, 0.05) is 23.2 Å². The van der Waals surface area contributed by atoms with E-state index < -0.39 is 5.82 Å². The molecule has 21 heavy (non-hydrogen) atoms. The van der Waals surface area contributed by atoms with E-state index in [9.17, 15) is 4.39 Å². The van der Waals surface area contributed by atoms with E-state index in [0.717, 1.165) is 5.56 Å². The highest BCUT2D eigenvalue weighted by molar-refractivity contribution is 6.30. The quantitative estimate of drug-likeness (QED) is 0.773. The highest BCUT2D eigenvalue weighted by Gasteiger charge is 2.17.